The van der Waals surface area contributed by atoms with Crippen LogP contribution in [0, 0.1) is 0 Å². The van der Waals surface area contributed by atoms with E-state index in [1.54, 1.807) is 11.3 Å². The Morgan fingerprint density at radius 2 is 1.86 bits per heavy atom. The molecule has 21 heavy (non-hydrogen) atoms. The molecule has 1 atom stereocenters. The number of aromatic nitrogens is 1. The normalized spacial score (nSPS) is 18.0. The average molecular weight is 295 g/mol. The van der Waals surface area contributed by atoms with Crippen molar-refractivity contribution < 1.29 is 0 Å². The highest BCUT2D eigenvalue weighted by Crippen LogP contribution is 2.34. The lowest BCUT2D eigenvalue weighted by atomic mass is 9.94. The predicted octanol–water partition coefficient (Wildman–Crippen LogP) is 3.19. The van der Waals surface area contributed by atoms with Gasteiger partial charge in [-0.3, -0.25) is 0 Å². The van der Waals surface area contributed by atoms with E-state index in [1.807, 2.05) is 6.07 Å². The van der Waals surface area contributed by atoms with E-state index in [-0.39, 0.29) is 0 Å². The number of nitrogens with zero attached hydrogens (tertiary/aromatic N) is 2. The summed E-state index contributed by atoms with van der Waals surface area (Å²) in [5.41, 5.74) is 9.91. The van der Waals surface area contributed by atoms with Gasteiger partial charge in [0.25, 0.3) is 0 Å². The molecule has 4 rings (SSSR count). The van der Waals surface area contributed by atoms with Crippen molar-refractivity contribution in [2.24, 2.45) is 5.73 Å². The van der Waals surface area contributed by atoms with E-state index in [0.29, 0.717) is 12.6 Å². The molecule has 1 unspecified atom stereocenters. The molecule has 4 heteroatoms. The number of rotatable bonds is 2. The van der Waals surface area contributed by atoms with Gasteiger partial charge in [0.15, 0.2) is 5.13 Å². The summed E-state index contributed by atoms with van der Waals surface area (Å²) in [6.07, 6.45) is 1.00. The van der Waals surface area contributed by atoms with Gasteiger partial charge in [-0.05, 0) is 29.7 Å². The minimum absolute atomic E-state index is 0.334. The second-order valence-electron chi connectivity index (χ2n) is 5.45. The zero-order chi connectivity index (χ0) is 14.2. The number of nitrogens with two attached hydrogens (primary N) is 1. The van der Waals surface area contributed by atoms with E-state index >= 15 is 0 Å². The molecule has 3 aromatic rings. The van der Waals surface area contributed by atoms with Crippen molar-refractivity contribution in [1.82, 2.24) is 4.98 Å². The Kier molecular flexibility index (Phi) is 3.13. The highest BCUT2D eigenvalue weighted by atomic mass is 32.1. The zero-order valence-electron chi connectivity index (χ0n) is 11.7. The summed E-state index contributed by atoms with van der Waals surface area (Å²) in [4.78, 5) is 7.16. The number of benzene rings is 2. The SMILES string of the molecule is NCC1Cc2ccccc2CN1c1nc2ccccc2s1. The van der Waals surface area contributed by atoms with Crippen LogP contribution in [0.4, 0.5) is 5.13 Å². The molecule has 2 aromatic carbocycles. The maximum atomic E-state index is 6.02. The molecule has 1 aliphatic heterocycles. The van der Waals surface area contributed by atoms with E-state index < -0.39 is 0 Å². The molecule has 0 spiro atoms. The Morgan fingerprint density at radius 3 is 2.67 bits per heavy atom. The van der Waals surface area contributed by atoms with Crippen LogP contribution < -0.4 is 10.6 Å². The number of fused-ring (bicyclic) bond motifs is 2. The van der Waals surface area contributed by atoms with Crippen molar-refractivity contribution in [3.05, 3.63) is 59.7 Å². The van der Waals surface area contributed by atoms with Crippen LogP contribution in [0.3, 0.4) is 0 Å². The molecule has 0 aliphatic carbocycles. The molecule has 3 nitrogen and oxygen atoms in total. The molecule has 0 saturated carbocycles. The van der Waals surface area contributed by atoms with Crippen LogP contribution in [0.2, 0.25) is 0 Å². The molecular weight excluding hydrogens is 278 g/mol. The fourth-order valence-electron chi connectivity index (χ4n) is 3.00. The van der Waals surface area contributed by atoms with Crippen molar-refractivity contribution in [2.45, 2.75) is 19.0 Å². The first-order valence-electron chi connectivity index (χ1n) is 7.24. The van der Waals surface area contributed by atoms with Gasteiger partial charge in [0.05, 0.1) is 10.2 Å². The number of thiazole rings is 1. The second kappa shape index (κ2) is 5.13. The third-order valence-corrected chi connectivity index (χ3v) is 5.23. The zero-order valence-corrected chi connectivity index (χ0v) is 12.5. The topological polar surface area (TPSA) is 42.1 Å². The van der Waals surface area contributed by atoms with Gasteiger partial charge in [0.2, 0.25) is 0 Å². The third kappa shape index (κ3) is 2.20. The third-order valence-electron chi connectivity index (χ3n) is 4.16. The first-order chi connectivity index (χ1) is 10.3. The fraction of sp³-hybridized carbons (Fsp3) is 0.235. The highest BCUT2D eigenvalue weighted by molar-refractivity contribution is 7.22. The average Bonchev–Trinajstić information content (AvgIpc) is 2.97. The van der Waals surface area contributed by atoms with Gasteiger partial charge in [0, 0.05) is 19.1 Å². The van der Waals surface area contributed by atoms with Gasteiger partial charge in [-0.15, -0.1) is 0 Å². The first kappa shape index (κ1) is 12.8. The van der Waals surface area contributed by atoms with E-state index in [0.717, 1.165) is 23.6 Å². The summed E-state index contributed by atoms with van der Waals surface area (Å²) in [6, 6.07) is 17.3. The van der Waals surface area contributed by atoms with Crippen molar-refractivity contribution in [3.8, 4) is 0 Å². The van der Waals surface area contributed by atoms with Crippen LogP contribution in [-0.4, -0.2) is 17.6 Å². The van der Waals surface area contributed by atoms with Crippen LogP contribution in [0.5, 0.6) is 0 Å². The molecule has 0 fully saturated rings. The maximum absolute atomic E-state index is 6.02. The Balaban J connectivity index is 1.76. The monoisotopic (exact) mass is 295 g/mol. The van der Waals surface area contributed by atoms with Crippen LogP contribution >= 0.6 is 11.3 Å². The highest BCUT2D eigenvalue weighted by Gasteiger charge is 2.27. The lowest BCUT2D eigenvalue weighted by molar-refractivity contribution is 0.560. The summed E-state index contributed by atoms with van der Waals surface area (Å²) in [5.74, 6) is 0. The van der Waals surface area contributed by atoms with E-state index in [2.05, 4.69) is 47.4 Å². The predicted molar refractivity (Wildman–Crippen MR) is 88.8 cm³/mol. The van der Waals surface area contributed by atoms with Crippen LogP contribution in [-0.2, 0) is 13.0 Å². The molecule has 1 aromatic heterocycles. The number of hydrogen-bond donors (Lipinski definition) is 1. The molecular formula is C17H17N3S. The molecule has 1 aliphatic rings. The van der Waals surface area contributed by atoms with Crippen LogP contribution in [0.1, 0.15) is 11.1 Å². The number of para-hydroxylation sites is 1. The van der Waals surface area contributed by atoms with Gasteiger partial charge in [-0.2, -0.15) is 0 Å². The van der Waals surface area contributed by atoms with Crippen LogP contribution in [0.25, 0.3) is 10.2 Å². The summed E-state index contributed by atoms with van der Waals surface area (Å²) in [5, 5.41) is 1.08. The lowest BCUT2D eigenvalue weighted by Crippen LogP contribution is -2.45. The summed E-state index contributed by atoms with van der Waals surface area (Å²) < 4.78 is 1.24. The smallest absolute Gasteiger partial charge is 0.187 e. The summed E-state index contributed by atoms with van der Waals surface area (Å²) >= 11 is 1.76. The minimum atomic E-state index is 0.334. The van der Waals surface area contributed by atoms with E-state index in [1.165, 1.54) is 15.8 Å². The number of anilines is 1. The molecule has 0 radical (unpaired) electrons. The lowest BCUT2D eigenvalue weighted by Gasteiger charge is -2.36. The minimum Gasteiger partial charge on any atom is -0.339 e. The Labute approximate surface area is 128 Å². The standard InChI is InChI=1S/C17H17N3S/c18-10-14-9-12-5-1-2-6-13(12)11-20(14)17-19-15-7-3-4-8-16(15)21-17/h1-8,14H,9-11,18H2. The second-order valence-corrected chi connectivity index (χ2v) is 6.46. The maximum Gasteiger partial charge on any atom is 0.187 e. The first-order valence-corrected chi connectivity index (χ1v) is 8.06. The molecule has 2 N–H and O–H groups in total. The van der Waals surface area contributed by atoms with Gasteiger partial charge < -0.3 is 10.6 Å². The number of hydrogen-bond acceptors (Lipinski definition) is 4. The van der Waals surface area contributed by atoms with Gasteiger partial charge in [-0.25, -0.2) is 4.98 Å². The van der Waals surface area contributed by atoms with E-state index in [4.69, 9.17) is 10.7 Å². The summed E-state index contributed by atoms with van der Waals surface area (Å²) in [7, 11) is 0. The van der Waals surface area contributed by atoms with Gasteiger partial charge in [-0.1, -0.05) is 47.7 Å². The molecule has 0 bridgehead atoms. The van der Waals surface area contributed by atoms with Crippen molar-refractivity contribution in [3.63, 3.8) is 0 Å². The largest absolute Gasteiger partial charge is 0.339 e. The van der Waals surface area contributed by atoms with Gasteiger partial charge in [0.1, 0.15) is 0 Å². The van der Waals surface area contributed by atoms with E-state index in [9.17, 15) is 0 Å². The van der Waals surface area contributed by atoms with Crippen LogP contribution in [0.15, 0.2) is 48.5 Å². The van der Waals surface area contributed by atoms with Gasteiger partial charge >= 0.3 is 0 Å². The fourth-order valence-corrected chi connectivity index (χ4v) is 4.04. The molecule has 0 amide bonds. The molecule has 0 saturated heterocycles. The Hall–Kier alpha value is -1.91. The quantitative estimate of drug-likeness (QED) is 0.789. The van der Waals surface area contributed by atoms with Crippen molar-refractivity contribution in [2.75, 3.05) is 11.4 Å². The Bertz CT molecular complexity index is 747. The Morgan fingerprint density at radius 1 is 1.10 bits per heavy atom. The van der Waals surface area contributed by atoms with Crippen molar-refractivity contribution >= 4 is 26.7 Å². The molecule has 106 valence electrons. The molecule has 2 heterocycles. The summed E-state index contributed by atoms with van der Waals surface area (Å²) in [6.45, 7) is 1.56. The van der Waals surface area contributed by atoms with Crippen molar-refractivity contribution in [1.29, 1.82) is 0 Å².